The van der Waals surface area contributed by atoms with Crippen LogP contribution in [-0.2, 0) is 19.6 Å². The summed E-state index contributed by atoms with van der Waals surface area (Å²) in [6, 6.07) is 20.3. The molecule has 216 valence electrons. The number of rotatable bonds is 8. The van der Waals surface area contributed by atoms with Crippen molar-refractivity contribution in [1.29, 1.82) is 0 Å². The maximum absolute atomic E-state index is 12.7. The topological polar surface area (TPSA) is 160 Å². The second-order valence-corrected chi connectivity index (χ2v) is 11.5. The molecular weight excluding hydrogens is 544 g/mol. The Balaban J connectivity index is 1.35. The number of amides is 2. The van der Waals surface area contributed by atoms with Gasteiger partial charge in [-0.3, -0.25) is 4.79 Å². The highest BCUT2D eigenvalue weighted by Gasteiger charge is 2.20. The van der Waals surface area contributed by atoms with Crippen LogP contribution in [-0.4, -0.2) is 71.0 Å². The highest BCUT2D eigenvalue weighted by molar-refractivity contribution is 7.89. The van der Waals surface area contributed by atoms with Crippen molar-refractivity contribution in [3.63, 3.8) is 0 Å². The number of anilines is 2. The van der Waals surface area contributed by atoms with E-state index in [1.807, 2.05) is 13.1 Å². The van der Waals surface area contributed by atoms with Crippen molar-refractivity contribution in [3.05, 3.63) is 78.4 Å². The van der Waals surface area contributed by atoms with Crippen molar-refractivity contribution >= 4 is 39.2 Å². The molecule has 0 saturated carbocycles. The zero-order chi connectivity index (χ0) is 29.6. The van der Waals surface area contributed by atoms with Crippen LogP contribution < -0.4 is 21.1 Å². The number of aliphatic imine (C=N–C) groups is 1. The summed E-state index contributed by atoms with van der Waals surface area (Å²) in [5.74, 6) is -0.231. The first kappa shape index (κ1) is 29.7. The number of sulfonamides is 1. The smallest absolute Gasteiger partial charge is 0.435 e. The largest absolute Gasteiger partial charge is 0.444 e. The molecule has 1 saturated heterocycles. The number of nitrogens with zero attached hydrogens (tertiary/aromatic N) is 3. The Bertz CT molecular complexity index is 1530. The summed E-state index contributed by atoms with van der Waals surface area (Å²) in [6.45, 7) is 1.76. The summed E-state index contributed by atoms with van der Waals surface area (Å²) in [7, 11) is -0.102. The van der Waals surface area contributed by atoms with E-state index in [0.29, 0.717) is 28.1 Å². The maximum Gasteiger partial charge on any atom is 0.435 e. The monoisotopic (exact) mass is 578 g/mol. The molecule has 0 unspecified atom stereocenters. The number of likely N-dealkylation sites (tertiary alicyclic amines) is 1. The highest BCUT2D eigenvalue weighted by Crippen LogP contribution is 2.27. The first-order chi connectivity index (χ1) is 19.5. The van der Waals surface area contributed by atoms with E-state index in [2.05, 4.69) is 15.2 Å². The fourth-order valence-electron chi connectivity index (χ4n) is 4.53. The first-order valence-corrected chi connectivity index (χ1v) is 14.6. The molecule has 1 aliphatic rings. The Morgan fingerprint density at radius 1 is 1.05 bits per heavy atom. The molecule has 0 bridgehead atoms. The first-order valence-electron chi connectivity index (χ1n) is 13.1. The number of likely N-dealkylation sites (N-methyl/N-ethyl adjacent to an activating group) is 1. The minimum absolute atomic E-state index is 0.0282. The molecule has 0 radical (unpaired) electrons. The predicted molar refractivity (Wildman–Crippen MR) is 159 cm³/mol. The standard InChI is InChI=1S/C29H34N6O5S/c1-34-16-14-24(15-17-34)40-29(37)33-28(30)21-6-5-7-23(18-21)35(2)19-27(36)32-22-12-10-20(11-13-22)25-8-3-4-9-26(25)41(31,38)39/h3-13,18,24H,14-17,19H2,1-2H3,(H,32,36)(H2,30,33,37)(H2,31,38,39). The molecule has 4 rings (SSSR count). The molecule has 0 aliphatic carbocycles. The number of nitrogens with two attached hydrogens (primary N) is 2. The van der Waals surface area contributed by atoms with E-state index >= 15 is 0 Å². The average Bonchev–Trinajstić information content (AvgIpc) is 2.94. The predicted octanol–water partition coefficient (Wildman–Crippen LogP) is 3.01. The van der Waals surface area contributed by atoms with E-state index in [1.54, 1.807) is 72.6 Å². The minimum Gasteiger partial charge on any atom is -0.444 e. The van der Waals surface area contributed by atoms with E-state index < -0.39 is 16.1 Å². The Kier molecular flexibility index (Phi) is 9.38. The molecule has 0 atom stereocenters. The normalized spacial score (nSPS) is 14.9. The number of primary sulfonamides is 1. The third-order valence-electron chi connectivity index (χ3n) is 6.78. The van der Waals surface area contributed by atoms with Gasteiger partial charge in [-0.15, -0.1) is 0 Å². The average molecular weight is 579 g/mol. The molecule has 1 fully saturated rings. The molecule has 0 spiro atoms. The fraction of sp³-hybridized carbons (Fsp3) is 0.276. The van der Waals surface area contributed by atoms with Gasteiger partial charge in [0.05, 0.1) is 11.4 Å². The zero-order valence-corrected chi connectivity index (χ0v) is 23.8. The van der Waals surface area contributed by atoms with Crippen LogP contribution in [0.3, 0.4) is 0 Å². The van der Waals surface area contributed by atoms with Crippen LogP contribution in [0.1, 0.15) is 18.4 Å². The van der Waals surface area contributed by atoms with E-state index in [1.165, 1.54) is 6.07 Å². The number of amidine groups is 1. The third kappa shape index (κ3) is 8.13. The Morgan fingerprint density at radius 3 is 2.41 bits per heavy atom. The molecule has 0 aromatic heterocycles. The van der Waals surface area contributed by atoms with Gasteiger partial charge in [-0.1, -0.05) is 42.5 Å². The summed E-state index contributed by atoms with van der Waals surface area (Å²) in [5.41, 5.74) is 9.00. The molecule has 2 amide bonds. The van der Waals surface area contributed by atoms with E-state index in [9.17, 15) is 18.0 Å². The van der Waals surface area contributed by atoms with Crippen molar-refractivity contribution in [2.24, 2.45) is 15.9 Å². The number of carbonyl (C=O) groups excluding carboxylic acids is 2. The number of hydrogen-bond donors (Lipinski definition) is 3. The number of ether oxygens (including phenoxy) is 1. The lowest BCUT2D eigenvalue weighted by Gasteiger charge is -2.27. The molecular formula is C29H34N6O5S. The van der Waals surface area contributed by atoms with Gasteiger partial charge in [0.2, 0.25) is 15.9 Å². The Labute approximate surface area is 239 Å². The van der Waals surface area contributed by atoms with Crippen molar-refractivity contribution < 1.29 is 22.7 Å². The molecule has 3 aromatic carbocycles. The fourth-order valence-corrected chi connectivity index (χ4v) is 5.29. The summed E-state index contributed by atoms with van der Waals surface area (Å²) >= 11 is 0. The molecule has 1 aliphatic heterocycles. The highest BCUT2D eigenvalue weighted by atomic mass is 32.2. The number of piperidine rings is 1. The van der Waals surface area contributed by atoms with Crippen molar-refractivity contribution in [3.8, 4) is 11.1 Å². The Hall–Kier alpha value is -4.26. The van der Waals surface area contributed by atoms with Crippen LogP contribution in [0.2, 0.25) is 0 Å². The minimum atomic E-state index is -3.89. The lowest BCUT2D eigenvalue weighted by molar-refractivity contribution is -0.114. The zero-order valence-electron chi connectivity index (χ0n) is 23.0. The van der Waals surface area contributed by atoms with Gasteiger partial charge in [-0.05, 0) is 55.8 Å². The summed E-state index contributed by atoms with van der Waals surface area (Å²) in [6.07, 6.45) is 0.641. The van der Waals surface area contributed by atoms with Crippen molar-refractivity contribution in [2.75, 3.05) is 43.9 Å². The van der Waals surface area contributed by atoms with Crippen molar-refractivity contribution in [1.82, 2.24) is 4.90 Å². The molecule has 12 heteroatoms. The van der Waals surface area contributed by atoms with Crippen LogP contribution in [0.25, 0.3) is 11.1 Å². The number of carbonyl (C=O) groups is 2. The Morgan fingerprint density at radius 2 is 1.73 bits per heavy atom. The number of hydrogen-bond acceptors (Lipinski definition) is 7. The van der Waals surface area contributed by atoms with Gasteiger partial charge >= 0.3 is 6.09 Å². The van der Waals surface area contributed by atoms with Crippen LogP contribution >= 0.6 is 0 Å². The molecule has 3 aromatic rings. The van der Waals surface area contributed by atoms with Gasteiger partial charge < -0.3 is 25.6 Å². The van der Waals surface area contributed by atoms with E-state index in [-0.39, 0.29) is 29.3 Å². The second-order valence-electron chi connectivity index (χ2n) is 9.96. The maximum atomic E-state index is 12.7. The lowest BCUT2D eigenvalue weighted by atomic mass is 10.1. The van der Waals surface area contributed by atoms with Crippen LogP contribution in [0.5, 0.6) is 0 Å². The van der Waals surface area contributed by atoms with Gasteiger partial charge in [-0.2, -0.15) is 4.99 Å². The van der Waals surface area contributed by atoms with Crippen LogP contribution in [0.15, 0.2) is 82.7 Å². The molecule has 11 nitrogen and oxygen atoms in total. The van der Waals surface area contributed by atoms with Gasteiger partial charge in [0, 0.05) is 42.6 Å². The molecule has 1 heterocycles. The van der Waals surface area contributed by atoms with Gasteiger partial charge in [-0.25, -0.2) is 18.4 Å². The van der Waals surface area contributed by atoms with Gasteiger partial charge in [0.1, 0.15) is 11.9 Å². The van der Waals surface area contributed by atoms with Crippen molar-refractivity contribution in [2.45, 2.75) is 23.8 Å². The van der Waals surface area contributed by atoms with E-state index in [4.69, 9.17) is 15.6 Å². The second kappa shape index (κ2) is 12.9. The third-order valence-corrected chi connectivity index (χ3v) is 7.75. The number of benzene rings is 3. The molecule has 5 N–H and O–H groups in total. The summed E-state index contributed by atoms with van der Waals surface area (Å²) < 4.78 is 29.3. The lowest BCUT2D eigenvalue weighted by Crippen LogP contribution is -2.35. The number of nitrogens with one attached hydrogen (secondary N) is 1. The molecule has 41 heavy (non-hydrogen) atoms. The summed E-state index contributed by atoms with van der Waals surface area (Å²) in [5, 5.41) is 8.18. The van der Waals surface area contributed by atoms with Gasteiger partial charge in [0.15, 0.2) is 0 Å². The summed E-state index contributed by atoms with van der Waals surface area (Å²) in [4.78, 5) is 32.9. The van der Waals surface area contributed by atoms with E-state index in [0.717, 1.165) is 25.9 Å². The SMILES string of the molecule is CN1CCC(OC(=O)N=C(N)c2cccc(N(C)CC(=O)Nc3ccc(-c4ccccc4S(N)(=O)=O)cc3)c2)CC1. The van der Waals surface area contributed by atoms with Crippen LogP contribution in [0.4, 0.5) is 16.2 Å². The van der Waals surface area contributed by atoms with Gasteiger partial charge in [0.25, 0.3) is 0 Å². The van der Waals surface area contributed by atoms with Crippen LogP contribution in [0, 0.1) is 0 Å². The quantitative estimate of drug-likeness (QED) is 0.272.